The summed E-state index contributed by atoms with van der Waals surface area (Å²) in [4.78, 5) is 10.8. The number of guanidine groups is 1. The smallest absolute Gasteiger partial charge is 0.339 e. The monoisotopic (exact) mass is 272 g/mol. The fraction of sp³-hybridized carbons (Fsp3) is 0.100. The van der Waals surface area contributed by atoms with Crippen LogP contribution in [0.25, 0.3) is 0 Å². The fourth-order valence-electron chi connectivity index (χ4n) is 1.14. The van der Waals surface area contributed by atoms with Crippen molar-refractivity contribution in [2.45, 2.75) is 6.92 Å². The zero-order valence-corrected chi connectivity index (χ0v) is 10.3. The lowest BCUT2D eigenvalue weighted by Crippen LogP contribution is -2.26. The van der Waals surface area contributed by atoms with Gasteiger partial charge in [-0.15, -0.1) is 12.4 Å². The molecule has 0 saturated carbocycles. The highest BCUT2D eigenvalue weighted by molar-refractivity contribution is 6.02. The third-order valence-electron chi connectivity index (χ3n) is 1.99. The highest BCUT2D eigenvalue weighted by atomic mass is 35.5. The van der Waals surface area contributed by atoms with E-state index in [1.807, 2.05) is 0 Å². The number of aromatic carboxylic acids is 1. The highest BCUT2D eigenvalue weighted by Crippen LogP contribution is 2.18. The lowest BCUT2D eigenvalue weighted by atomic mass is 10.1. The zero-order valence-electron chi connectivity index (χ0n) is 9.47. The molecule has 0 radical (unpaired) electrons. The van der Waals surface area contributed by atoms with Gasteiger partial charge in [-0.2, -0.15) is 5.10 Å². The maximum absolute atomic E-state index is 10.8. The molecular formula is C10H13ClN4O3. The van der Waals surface area contributed by atoms with E-state index in [-0.39, 0.29) is 29.7 Å². The number of hydrogen-bond acceptors (Lipinski definition) is 4. The van der Waals surface area contributed by atoms with Crippen molar-refractivity contribution in [2.24, 2.45) is 10.8 Å². The number of phenols is 1. The first-order chi connectivity index (χ1) is 7.91. The van der Waals surface area contributed by atoms with Crippen molar-refractivity contribution in [3.05, 3.63) is 29.3 Å². The van der Waals surface area contributed by atoms with E-state index in [0.717, 1.165) is 0 Å². The Morgan fingerprint density at radius 2 is 2.11 bits per heavy atom. The van der Waals surface area contributed by atoms with Crippen LogP contribution in [0.15, 0.2) is 23.3 Å². The topological polar surface area (TPSA) is 132 Å². The summed E-state index contributed by atoms with van der Waals surface area (Å²) in [7, 11) is 0. The molecule has 7 nitrogen and oxygen atoms in total. The Hall–Kier alpha value is -2.28. The molecule has 0 amide bonds. The van der Waals surface area contributed by atoms with Crippen LogP contribution in [0, 0.1) is 5.41 Å². The molecule has 0 unspecified atom stereocenters. The molecule has 0 heterocycles. The first kappa shape index (κ1) is 15.7. The summed E-state index contributed by atoms with van der Waals surface area (Å²) in [6, 6.07) is 4.08. The summed E-state index contributed by atoms with van der Waals surface area (Å²) in [6.07, 6.45) is 0. The molecule has 1 aromatic carbocycles. The minimum Gasteiger partial charge on any atom is -0.507 e. The second-order valence-corrected chi connectivity index (χ2v) is 3.26. The van der Waals surface area contributed by atoms with Crippen molar-refractivity contribution < 1.29 is 15.0 Å². The van der Waals surface area contributed by atoms with Gasteiger partial charge in [0, 0.05) is 0 Å². The number of nitrogens with two attached hydrogens (primary N) is 1. The molecule has 0 bridgehead atoms. The van der Waals surface area contributed by atoms with Crippen LogP contribution in [0.5, 0.6) is 5.75 Å². The Morgan fingerprint density at radius 1 is 1.50 bits per heavy atom. The molecule has 0 spiro atoms. The van der Waals surface area contributed by atoms with E-state index in [1.165, 1.54) is 18.2 Å². The van der Waals surface area contributed by atoms with Gasteiger partial charge >= 0.3 is 5.97 Å². The number of carbonyl (C=O) groups is 1. The Morgan fingerprint density at radius 3 is 2.61 bits per heavy atom. The molecule has 6 N–H and O–H groups in total. The van der Waals surface area contributed by atoms with Gasteiger partial charge in [0.1, 0.15) is 11.3 Å². The maximum atomic E-state index is 10.8. The number of hydrazone groups is 1. The summed E-state index contributed by atoms with van der Waals surface area (Å²) in [5.41, 5.74) is 8.05. The molecular weight excluding hydrogens is 260 g/mol. The van der Waals surface area contributed by atoms with Gasteiger partial charge in [-0.3, -0.25) is 5.41 Å². The first-order valence-electron chi connectivity index (χ1n) is 4.63. The van der Waals surface area contributed by atoms with Crippen molar-refractivity contribution >= 4 is 30.0 Å². The summed E-state index contributed by atoms with van der Waals surface area (Å²) >= 11 is 0. The van der Waals surface area contributed by atoms with Gasteiger partial charge in [-0.1, -0.05) is 0 Å². The van der Waals surface area contributed by atoms with E-state index in [0.29, 0.717) is 11.3 Å². The van der Waals surface area contributed by atoms with E-state index < -0.39 is 5.97 Å². The quantitative estimate of drug-likeness (QED) is 0.314. The molecule has 0 aliphatic rings. The van der Waals surface area contributed by atoms with Crippen molar-refractivity contribution in [3.63, 3.8) is 0 Å². The molecule has 18 heavy (non-hydrogen) atoms. The molecule has 1 aromatic rings. The number of aromatic hydroxyl groups is 1. The van der Waals surface area contributed by atoms with Crippen LogP contribution >= 0.6 is 12.4 Å². The molecule has 1 rings (SSSR count). The number of halogens is 1. The third kappa shape index (κ3) is 3.95. The van der Waals surface area contributed by atoms with E-state index >= 15 is 0 Å². The largest absolute Gasteiger partial charge is 0.507 e. The summed E-state index contributed by atoms with van der Waals surface area (Å²) < 4.78 is 0. The fourth-order valence-corrected chi connectivity index (χ4v) is 1.14. The summed E-state index contributed by atoms with van der Waals surface area (Å²) in [5.74, 6) is -1.85. The molecule has 0 aliphatic heterocycles. The number of carboxylic acid groups (broad SMARTS) is 1. The van der Waals surface area contributed by atoms with Gasteiger partial charge in [0.05, 0.1) is 5.71 Å². The predicted molar refractivity (Wildman–Crippen MR) is 69.6 cm³/mol. The Labute approximate surface area is 109 Å². The summed E-state index contributed by atoms with van der Waals surface area (Å²) in [5, 5.41) is 28.8. The van der Waals surface area contributed by atoms with E-state index in [2.05, 4.69) is 10.5 Å². The third-order valence-corrected chi connectivity index (χ3v) is 1.99. The van der Waals surface area contributed by atoms with Gasteiger partial charge in [0.25, 0.3) is 0 Å². The van der Waals surface area contributed by atoms with Crippen LogP contribution in [-0.2, 0) is 0 Å². The highest BCUT2D eigenvalue weighted by Gasteiger charge is 2.11. The standard InChI is InChI=1S/C10H12N4O3.ClH/c1-5(13-14-10(11)12)6-2-3-8(15)7(4-6)9(16)17;/h2-4,15H,1H3,(H,16,17)(H4,11,12,14);1H. The second-order valence-electron chi connectivity index (χ2n) is 3.26. The molecule has 8 heteroatoms. The van der Waals surface area contributed by atoms with E-state index in [9.17, 15) is 9.90 Å². The molecule has 0 aromatic heterocycles. The number of rotatable bonds is 3. The van der Waals surface area contributed by atoms with Crippen LogP contribution in [0.2, 0.25) is 0 Å². The second kappa shape index (κ2) is 6.45. The van der Waals surface area contributed by atoms with Crippen molar-refractivity contribution in [1.29, 1.82) is 5.41 Å². The molecule has 0 saturated heterocycles. The van der Waals surface area contributed by atoms with Gasteiger partial charge < -0.3 is 15.9 Å². The van der Waals surface area contributed by atoms with Crippen molar-refractivity contribution in [3.8, 4) is 5.75 Å². The van der Waals surface area contributed by atoms with E-state index in [1.54, 1.807) is 6.92 Å². The molecule has 0 fully saturated rings. The molecule has 0 aliphatic carbocycles. The van der Waals surface area contributed by atoms with Crippen LogP contribution in [0.1, 0.15) is 22.8 Å². The first-order valence-corrected chi connectivity index (χ1v) is 4.63. The van der Waals surface area contributed by atoms with Crippen molar-refractivity contribution in [2.75, 3.05) is 0 Å². The molecule has 98 valence electrons. The van der Waals surface area contributed by atoms with Crippen LogP contribution < -0.4 is 11.2 Å². The average molecular weight is 273 g/mol. The number of benzene rings is 1. The lowest BCUT2D eigenvalue weighted by Gasteiger charge is -2.04. The Bertz CT molecular complexity index is 502. The predicted octanol–water partition coefficient (Wildman–Crippen LogP) is 0.719. The minimum atomic E-state index is -1.23. The van der Waals surface area contributed by atoms with Crippen LogP contribution in [-0.4, -0.2) is 27.9 Å². The van der Waals surface area contributed by atoms with Gasteiger partial charge in [-0.05, 0) is 30.7 Å². The number of hydrogen-bond donors (Lipinski definition) is 5. The normalized spacial score (nSPS) is 10.4. The van der Waals surface area contributed by atoms with Gasteiger partial charge in [0.2, 0.25) is 5.96 Å². The minimum absolute atomic E-state index is 0. The number of nitrogens with zero attached hydrogens (tertiary/aromatic N) is 1. The van der Waals surface area contributed by atoms with Crippen LogP contribution in [0.4, 0.5) is 0 Å². The lowest BCUT2D eigenvalue weighted by molar-refractivity contribution is 0.0693. The van der Waals surface area contributed by atoms with Crippen LogP contribution in [0.3, 0.4) is 0 Å². The molecule has 0 atom stereocenters. The Balaban J connectivity index is 0.00000289. The summed E-state index contributed by atoms with van der Waals surface area (Å²) in [6.45, 7) is 1.62. The average Bonchev–Trinajstić information content (AvgIpc) is 2.26. The maximum Gasteiger partial charge on any atom is 0.339 e. The Kier molecular flexibility index (Phi) is 5.64. The number of nitrogens with one attached hydrogen (secondary N) is 2. The number of carboxylic acids is 1. The van der Waals surface area contributed by atoms with Crippen molar-refractivity contribution in [1.82, 2.24) is 5.43 Å². The van der Waals surface area contributed by atoms with E-state index in [4.69, 9.17) is 16.2 Å². The zero-order chi connectivity index (χ0) is 13.0. The SMILES string of the molecule is CC(=NNC(=N)N)c1ccc(O)c(C(=O)O)c1.Cl. The van der Waals surface area contributed by atoms with Gasteiger partial charge in [-0.25, -0.2) is 10.2 Å². The van der Waals surface area contributed by atoms with Gasteiger partial charge in [0.15, 0.2) is 0 Å².